The van der Waals surface area contributed by atoms with E-state index in [4.69, 9.17) is 9.47 Å². The first-order valence-electron chi connectivity index (χ1n) is 6.49. The van der Waals surface area contributed by atoms with Crippen LogP contribution in [-0.2, 0) is 0 Å². The van der Waals surface area contributed by atoms with Crippen molar-refractivity contribution in [2.75, 3.05) is 12.4 Å². The maximum absolute atomic E-state index is 5.68. The molecule has 0 unspecified atom stereocenters. The van der Waals surface area contributed by atoms with Crippen molar-refractivity contribution >= 4 is 11.5 Å². The first kappa shape index (κ1) is 14.1. The first-order chi connectivity index (χ1) is 9.58. The van der Waals surface area contributed by atoms with Crippen molar-refractivity contribution in [3.8, 4) is 11.5 Å². The molecule has 5 heteroatoms. The van der Waals surface area contributed by atoms with Gasteiger partial charge in [-0.2, -0.15) is 0 Å². The van der Waals surface area contributed by atoms with Gasteiger partial charge in [0, 0.05) is 23.5 Å². The van der Waals surface area contributed by atoms with Crippen LogP contribution in [0.3, 0.4) is 0 Å². The van der Waals surface area contributed by atoms with Gasteiger partial charge in [0.05, 0.1) is 13.2 Å². The summed E-state index contributed by atoms with van der Waals surface area (Å²) in [6, 6.07) is 7.58. The summed E-state index contributed by atoms with van der Waals surface area (Å²) in [7, 11) is 1.63. The van der Waals surface area contributed by atoms with Crippen LogP contribution in [-0.4, -0.2) is 23.2 Å². The fourth-order valence-corrected chi connectivity index (χ4v) is 1.77. The molecule has 2 rings (SSSR count). The number of ether oxygens (including phenoxy) is 2. The van der Waals surface area contributed by atoms with Crippen molar-refractivity contribution in [1.82, 2.24) is 9.97 Å². The molecule has 0 fully saturated rings. The molecule has 20 heavy (non-hydrogen) atoms. The molecule has 0 amide bonds. The number of benzene rings is 1. The lowest BCUT2D eigenvalue weighted by molar-refractivity contribution is 0.230. The van der Waals surface area contributed by atoms with E-state index in [1.165, 1.54) is 6.33 Å². The van der Waals surface area contributed by atoms with E-state index < -0.39 is 0 Å². The number of rotatable bonds is 5. The van der Waals surface area contributed by atoms with Crippen molar-refractivity contribution in [2.24, 2.45) is 0 Å². The molecule has 0 bridgehead atoms. The molecule has 1 heterocycles. The zero-order chi connectivity index (χ0) is 14.5. The Hall–Kier alpha value is -2.30. The number of anilines is 2. The van der Waals surface area contributed by atoms with E-state index in [-0.39, 0.29) is 6.10 Å². The van der Waals surface area contributed by atoms with Gasteiger partial charge < -0.3 is 14.8 Å². The summed E-state index contributed by atoms with van der Waals surface area (Å²) >= 11 is 0. The molecule has 0 aliphatic heterocycles. The van der Waals surface area contributed by atoms with Crippen LogP contribution in [0.2, 0.25) is 0 Å². The van der Waals surface area contributed by atoms with Crippen molar-refractivity contribution in [2.45, 2.75) is 26.9 Å². The molecule has 5 nitrogen and oxygen atoms in total. The second-order valence-corrected chi connectivity index (χ2v) is 4.70. The first-order valence-corrected chi connectivity index (χ1v) is 6.49. The molecule has 0 atom stereocenters. The fraction of sp³-hybridized carbons (Fsp3) is 0.333. The van der Waals surface area contributed by atoms with E-state index in [9.17, 15) is 0 Å². The van der Waals surface area contributed by atoms with E-state index in [1.54, 1.807) is 7.11 Å². The Kier molecular flexibility index (Phi) is 4.40. The topological polar surface area (TPSA) is 56.3 Å². The van der Waals surface area contributed by atoms with Crippen molar-refractivity contribution in [1.29, 1.82) is 0 Å². The Morgan fingerprint density at radius 2 is 1.90 bits per heavy atom. The molecule has 106 valence electrons. The Bertz CT molecular complexity index is 585. The van der Waals surface area contributed by atoms with Gasteiger partial charge in [-0.15, -0.1) is 0 Å². The average molecular weight is 273 g/mol. The Morgan fingerprint density at radius 1 is 1.10 bits per heavy atom. The van der Waals surface area contributed by atoms with E-state index in [0.717, 1.165) is 22.9 Å². The third-order valence-electron chi connectivity index (χ3n) is 2.60. The van der Waals surface area contributed by atoms with Gasteiger partial charge in [-0.25, -0.2) is 9.97 Å². The van der Waals surface area contributed by atoms with Gasteiger partial charge in [-0.05, 0) is 32.9 Å². The van der Waals surface area contributed by atoms with E-state index in [0.29, 0.717) is 5.75 Å². The van der Waals surface area contributed by atoms with E-state index in [2.05, 4.69) is 15.3 Å². The van der Waals surface area contributed by atoms with Crippen LogP contribution in [0.25, 0.3) is 0 Å². The van der Waals surface area contributed by atoms with Crippen molar-refractivity contribution in [3.05, 3.63) is 36.3 Å². The normalized spacial score (nSPS) is 10.4. The second-order valence-electron chi connectivity index (χ2n) is 4.70. The molecule has 1 aromatic carbocycles. The standard InChI is InChI=1S/C15H19N3O2/c1-10(2)20-13-6-5-12(8-14(13)19-4)18-15-7-11(3)16-9-17-15/h5-10H,1-4H3,(H,16,17,18). The maximum Gasteiger partial charge on any atom is 0.162 e. The number of aryl methyl sites for hydroxylation is 1. The average Bonchev–Trinajstić information content (AvgIpc) is 2.40. The van der Waals surface area contributed by atoms with Crippen LogP contribution in [0, 0.1) is 6.92 Å². The molecule has 0 radical (unpaired) electrons. The number of nitrogens with zero attached hydrogens (tertiary/aromatic N) is 2. The molecular formula is C15H19N3O2. The van der Waals surface area contributed by atoms with Crippen molar-refractivity contribution < 1.29 is 9.47 Å². The molecule has 0 saturated heterocycles. The molecule has 1 N–H and O–H groups in total. The zero-order valence-corrected chi connectivity index (χ0v) is 12.2. The van der Waals surface area contributed by atoms with Gasteiger partial charge in [0.2, 0.25) is 0 Å². The molecule has 0 aliphatic carbocycles. The minimum Gasteiger partial charge on any atom is -0.493 e. The molecule has 0 saturated carbocycles. The van der Waals surface area contributed by atoms with Gasteiger partial charge in [-0.3, -0.25) is 0 Å². The summed E-state index contributed by atoms with van der Waals surface area (Å²) in [5.41, 5.74) is 1.80. The summed E-state index contributed by atoms with van der Waals surface area (Å²) in [5, 5.41) is 3.21. The highest BCUT2D eigenvalue weighted by Gasteiger charge is 2.08. The molecule has 0 aliphatic rings. The van der Waals surface area contributed by atoms with E-state index in [1.807, 2.05) is 45.0 Å². The zero-order valence-electron chi connectivity index (χ0n) is 12.2. The number of hydrogen-bond donors (Lipinski definition) is 1. The highest BCUT2D eigenvalue weighted by atomic mass is 16.5. The SMILES string of the molecule is COc1cc(Nc2cc(C)ncn2)ccc1OC(C)C. The summed E-state index contributed by atoms with van der Waals surface area (Å²) in [6.45, 7) is 5.89. The lowest BCUT2D eigenvalue weighted by atomic mass is 10.2. The Labute approximate surface area is 119 Å². The largest absolute Gasteiger partial charge is 0.493 e. The monoisotopic (exact) mass is 273 g/mol. The summed E-state index contributed by atoms with van der Waals surface area (Å²) in [6.07, 6.45) is 1.64. The lowest BCUT2D eigenvalue weighted by Crippen LogP contribution is -2.06. The van der Waals surface area contributed by atoms with Crippen LogP contribution in [0.1, 0.15) is 19.5 Å². The van der Waals surface area contributed by atoms with Crippen LogP contribution >= 0.6 is 0 Å². The third kappa shape index (κ3) is 3.60. The van der Waals surface area contributed by atoms with E-state index >= 15 is 0 Å². The maximum atomic E-state index is 5.68. The van der Waals surface area contributed by atoms with Gasteiger partial charge in [0.1, 0.15) is 12.1 Å². The number of hydrogen-bond acceptors (Lipinski definition) is 5. The van der Waals surface area contributed by atoms with Gasteiger partial charge in [0.15, 0.2) is 11.5 Å². The highest BCUT2D eigenvalue weighted by Crippen LogP contribution is 2.31. The highest BCUT2D eigenvalue weighted by molar-refractivity contribution is 5.61. The second kappa shape index (κ2) is 6.23. The Balaban J connectivity index is 2.21. The Morgan fingerprint density at radius 3 is 2.55 bits per heavy atom. The van der Waals surface area contributed by atoms with Crippen LogP contribution in [0.5, 0.6) is 11.5 Å². The van der Waals surface area contributed by atoms with Crippen LogP contribution < -0.4 is 14.8 Å². The summed E-state index contributed by atoms with van der Waals surface area (Å²) in [4.78, 5) is 8.23. The minimum absolute atomic E-state index is 0.104. The molecule has 2 aromatic rings. The van der Waals surface area contributed by atoms with Gasteiger partial charge >= 0.3 is 0 Å². The smallest absolute Gasteiger partial charge is 0.162 e. The van der Waals surface area contributed by atoms with Crippen molar-refractivity contribution in [3.63, 3.8) is 0 Å². The number of methoxy groups -OCH3 is 1. The minimum atomic E-state index is 0.104. The molecule has 1 aromatic heterocycles. The lowest BCUT2D eigenvalue weighted by Gasteiger charge is -2.15. The number of aromatic nitrogens is 2. The summed E-state index contributed by atoms with van der Waals surface area (Å²) in [5.74, 6) is 2.17. The predicted octanol–water partition coefficient (Wildman–Crippen LogP) is 3.32. The predicted molar refractivity (Wildman–Crippen MR) is 78.8 cm³/mol. The van der Waals surface area contributed by atoms with Crippen LogP contribution in [0.4, 0.5) is 11.5 Å². The van der Waals surface area contributed by atoms with Gasteiger partial charge in [-0.1, -0.05) is 0 Å². The van der Waals surface area contributed by atoms with Crippen LogP contribution in [0.15, 0.2) is 30.6 Å². The summed E-state index contributed by atoms with van der Waals surface area (Å²) < 4.78 is 11.0. The van der Waals surface area contributed by atoms with Gasteiger partial charge in [0.25, 0.3) is 0 Å². The quantitative estimate of drug-likeness (QED) is 0.905. The molecular weight excluding hydrogens is 254 g/mol. The fourth-order valence-electron chi connectivity index (χ4n) is 1.77. The number of nitrogens with one attached hydrogen (secondary N) is 1. The third-order valence-corrected chi connectivity index (χ3v) is 2.60. The molecule has 0 spiro atoms.